The maximum absolute atomic E-state index is 11.2. The summed E-state index contributed by atoms with van der Waals surface area (Å²) >= 11 is 0. The standard InChI is InChI=1S/C13H12N4O4S/c1-20-10-7-8(21-22(2,18)19)3-4-9(10)11-16-12-13(17-11)15-6-5-14-12/h3-7H,1-2H3,(H,14,15,16,17). The summed E-state index contributed by atoms with van der Waals surface area (Å²) in [4.78, 5) is 15.6. The number of nitrogens with one attached hydrogen (secondary N) is 1. The lowest BCUT2D eigenvalue weighted by Gasteiger charge is -2.09. The molecule has 0 amide bonds. The minimum Gasteiger partial charge on any atom is -0.496 e. The highest BCUT2D eigenvalue weighted by Gasteiger charge is 2.14. The largest absolute Gasteiger partial charge is 0.496 e. The van der Waals surface area contributed by atoms with Crippen LogP contribution in [0.4, 0.5) is 0 Å². The minimum atomic E-state index is -3.60. The molecule has 114 valence electrons. The predicted molar refractivity (Wildman–Crippen MR) is 79.1 cm³/mol. The van der Waals surface area contributed by atoms with Crippen LogP contribution in [0.1, 0.15) is 0 Å². The van der Waals surface area contributed by atoms with E-state index in [0.29, 0.717) is 28.4 Å². The van der Waals surface area contributed by atoms with Gasteiger partial charge in [-0.2, -0.15) is 8.42 Å². The van der Waals surface area contributed by atoms with E-state index in [2.05, 4.69) is 19.9 Å². The van der Waals surface area contributed by atoms with E-state index in [1.54, 1.807) is 18.5 Å². The summed E-state index contributed by atoms with van der Waals surface area (Å²) in [7, 11) is -2.12. The fourth-order valence-corrected chi connectivity index (χ4v) is 2.42. The molecule has 2 aromatic heterocycles. The van der Waals surface area contributed by atoms with Gasteiger partial charge in [-0.3, -0.25) is 0 Å². The van der Waals surface area contributed by atoms with Crippen molar-refractivity contribution in [3.63, 3.8) is 0 Å². The van der Waals surface area contributed by atoms with E-state index in [1.807, 2.05) is 0 Å². The molecule has 0 radical (unpaired) electrons. The van der Waals surface area contributed by atoms with Crippen molar-refractivity contribution in [3.8, 4) is 22.9 Å². The Balaban J connectivity index is 2.06. The third-order valence-electron chi connectivity index (χ3n) is 2.81. The zero-order chi connectivity index (χ0) is 15.7. The Labute approximate surface area is 126 Å². The van der Waals surface area contributed by atoms with Crippen LogP contribution >= 0.6 is 0 Å². The number of ether oxygens (including phenoxy) is 1. The monoisotopic (exact) mass is 320 g/mol. The van der Waals surface area contributed by atoms with Crippen molar-refractivity contribution < 1.29 is 17.3 Å². The lowest BCUT2D eigenvalue weighted by molar-refractivity contribution is 0.413. The SMILES string of the molecule is COc1cc(OS(C)(=O)=O)ccc1-c1nc2nccnc2[nH]1. The molecule has 9 heteroatoms. The number of hydrogen-bond donors (Lipinski definition) is 1. The quantitative estimate of drug-likeness (QED) is 0.723. The van der Waals surface area contributed by atoms with E-state index < -0.39 is 10.1 Å². The maximum Gasteiger partial charge on any atom is 0.306 e. The summed E-state index contributed by atoms with van der Waals surface area (Å²) in [6.07, 6.45) is 4.09. The number of aromatic amines is 1. The first kappa shape index (κ1) is 14.3. The van der Waals surface area contributed by atoms with Crippen LogP contribution < -0.4 is 8.92 Å². The molecule has 3 aromatic rings. The van der Waals surface area contributed by atoms with Crippen LogP contribution in [0.15, 0.2) is 30.6 Å². The molecule has 2 heterocycles. The van der Waals surface area contributed by atoms with Gasteiger partial charge in [-0.25, -0.2) is 15.0 Å². The molecule has 0 saturated heterocycles. The van der Waals surface area contributed by atoms with E-state index in [1.165, 1.54) is 19.2 Å². The van der Waals surface area contributed by atoms with E-state index in [9.17, 15) is 8.42 Å². The third kappa shape index (κ3) is 2.84. The van der Waals surface area contributed by atoms with Crippen LogP contribution in [0.3, 0.4) is 0 Å². The van der Waals surface area contributed by atoms with Crippen molar-refractivity contribution in [2.24, 2.45) is 0 Å². The normalized spacial score (nSPS) is 11.5. The van der Waals surface area contributed by atoms with Crippen LogP contribution in [-0.2, 0) is 10.1 Å². The molecule has 1 aromatic carbocycles. The highest BCUT2D eigenvalue weighted by Crippen LogP contribution is 2.32. The number of rotatable bonds is 4. The van der Waals surface area contributed by atoms with Crippen molar-refractivity contribution in [1.82, 2.24) is 19.9 Å². The first-order valence-corrected chi connectivity index (χ1v) is 8.02. The number of fused-ring (bicyclic) bond motifs is 1. The summed E-state index contributed by atoms with van der Waals surface area (Å²) in [6.45, 7) is 0. The number of imidazole rings is 1. The van der Waals surface area contributed by atoms with Crippen LogP contribution in [0.5, 0.6) is 11.5 Å². The van der Waals surface area contributed by atoms with E-state index in [0.717, 1.165) is 6.26 Å². The van der Waals surface area contributed by atoms with Crippen LogP contribution in [0.25, 0.3) is 22.7 Å². The Morgan fingerprint density at radius 1 is 1.18 bits per heavy atom. The third-order valence-corrected chi connectivity index (χ3v) is 3.30. The molecule has 22 heavy (non-hydrogen) atoms. The number of hydrogen-bond acceptors (Lipinski definition) is 7. The molecule has 0 aliphatic rings. The summed E-state index contributed by atoms with van der Waals surface area (Å²) in [5.74, 6) is 1.10. The van der Waals surface area contributed by atoms with E-state index in [4.69, 9.17) is 8.92 Å². The van der Waals surface area contributed by atoms with Crippen molar-refractivity contribution in [2.75, 3.05) is 13.4 Å². The second kappa shape index (κ2) is 5.26. The first-order chi connectivity index (χ1) is 10.5. The first-order valence-electron chi connectivity index (χ1n) is 6.21. The van der Waals surface area contributed by atoms with Crippen molar-refractivity contribution in [1.29, 1.82) is 0 Å². The van der Waals surface area contributed by atoms with Gasteiger partial charge in [-0.15, -0.1) is 0 Å². The van der Waals surface area contributed by atoms with E-state index in [-0.39, 0.29) is 5.75 Å². The maximum atomic E-state index is 11.2. The molecule has 0 fully saturated rings. The molecular weight excluding hydrogens is 308 g/mol. The van der Waals surface area contributed by atoms with Gasteiger partial charge < -0.3 is 13.9 Å². The molecule has 0 aliphatic carbocycles. The van der Waals surface area contributed by atoms with Crippen molar-refractivity contribution in [2.45, 2.75) is 0 Å². The Morgan fingerprint density at radius 2 is 1.95 bits per heavy atom. The van der Waals surface area contributed by atoms with Crippen LogP contribution in [0.2, 0.25) is 0 Å². The van der Waals surface area contributed by atoms with Gasteiger partial charge in [0.25, 0.3) is 0 Å². The molecule has 0 saturated carbocycles. The second-order valence-electron chi connectivity index (χ2n) is 4.46. The fraction of sp³-hybridized carbons (Fsp3) is 0.154. The number of H-pyrrole nitrogens is 1. The minimum absolute atomic E-state index is 0.162. The van der Waals surface area contributed by atoms with Crippen LogP contribution in [-0.4, -0.2) is 41.7 Å². The van der Waals surface area contributed by atoms with Gasteiger partial charge in [0.15, 0.2) is 11.3 Å². The topological polar surface area (TPSA) is 107 Å². The Bertz CT molecular complexity index is 903. The molecular formula is C13H12N4O4S. The molecule has 0 bridgehead atoms. The molecule has 3 rings (SSSR count). The summed E-state index contributed by atoms with van der Waals surface area (Å²) in [5.41, 5.74) is 1.68. The summed E-state index contributed by atoms with van der Waals surface area (Å²) in [5, 5.41) is 0. The second-order valence-corrected chi connectivity index (χ2v) is 6.04. The van der Waals surface area contributed by atoms with Crippen molar-refractivity contribution in [3.05, 3.63) is 30.6 Å². The summed E-state index contributed by atoms with van der Waals surface area (Å²) in [6, 6.07) is 4.65. The molecule has 0 atom stereocenters. The number of aromatic nitrogens is 4. The van der Waals surface area contributed by atoms with Gasteiger partial charge in [0.1, 0.15) is 17.3 Å². The lowest BCUT2D eigenvalue weighted by Crippen LogP contribution is -2.05. The highest BCUT2D eigenvalue weighted by atomic mass is 32.2. The van der Waals surface area contributed by atoms with E-state index >= 15 is 0 Å². The number of methoxy groups -OCH3 is 1. The number of benzene rings is 1. The zero-order valence-electron chi connectivity index (χ0n) is 11.8. The van der Waals surface area contributed by atoms with Crippen LogP contribution in [0, 0.1) is 0 Å². The van der Waals surface area contributed by atoms with Gasteiger partial charge in [0.2, 0.25) is 0 Å². The molecule has 0 aliphatic heterocycles. The van der Waals surface area contributed by atoms with Crippen molar-refractivity contribution >= 4 is 21.4 Å². The van der Waals surface area contributed by atoms with Gasteiger partial charge in [-0.1, -0.05) is 0 Å². The van der Waals surface area contributed by atoms with Gasteiger partial charge in [-0.05, 0) is 12.1 Å². The molecule has 0 unspecified atom stereocenters. The highest BCUT2D eigenvalue weighted by molar-refractivity contribution is 7.86. The number of nitrogens with zero attached hydrogens (tertiary/aromatic N) is 3. The molecule has 0 spiro atoms. The fourth-order valence-electron chi connectivity index (χ4n) is 1.97. The lowest BCUT2D eigenvalue weighted by atomic mass is 10.2. The smallest absolute Gasteiger partial charge is 0.306 e. The Kier molecular flexibility index (Phi) is 3.41. The molecule has 8 nitrogen and oxygen atoms in total. The van der Waals surface area contributed by atoms with Gasteiger partial charge in [0.05, 0.1) is 18.9 Å². The van der Waals surface area contributed by atoms with Gasteiger partial charge >= 0.3 is 10.1 Å². The Hall–Kier alpha value is -2.68. The average molecular weight is 320 g/mol. The van der Waals surface area contributed by atoms with Gasteiger partial charge in [0, 0.05) is 18.5 Å². The zero-order valence-corrected chi connectivity index (χ0v) is 12.6. The summed E-state index contributed by atoms with van der Waals surface area (Å²) < 4.78 is 32.5. The molecule has 1 N–H and O–H groups in total. The average Bonchev–Trinajstić information content (AvgIpc) is 2.89. The predicted octanol–water partition coefficient (Wildman–Crippen LogP) is 1.37. The Morgan fingerprint density at radius 3 is 2.64 bits per heavy atom.